The van der Waals surface area contributed by atoms with Crippen LogP contribution in [0.1, 0.15) is 54.9 Å². The zero-order chi connectivity index (χ0) is 21.3. The fourth-order valence-electron chi connectivity index (χ4n) is 5.12. The molecule has 1 aromatic carbocycles. The van der Waals surface area contributed by atoms with Crippen LogP contribution in [0.2, 0.25) is 0 Å². The van der Waals surface area contributed by atoms with Crippen molar-refractivity contribution in [1.29, 1.82) is 0 Å². The van der Waals surface area contributed by atoms with Crippen molar-refractivity contribution in [2.24, 2.45) is 7.05 Å². The van der Waals surface area contributed by atoms with Gasteiger partial charge in [0.25, 0.3) is 5.91 Å². The summed E-state index contributed by atoms with van der Waals surface area (Å²) in [6, 6.07) is 13.1. The van der Waals surface area contributed by atoms with Gasteiger partial charge in [0.1, 0.15) is 0 Å². The van der Waals surface area contributed by atoms with Gasteiger partial charge < -0.3 is 14.8 Å². The third-order valence-corrected chi connectivity index (χ3v) is 6.56. The van der Waals surface area contributed by atoms with Crippen LogP contribution in [0.25, 0.3) is 0 Å². The maximum absolute atomic E-state index is 13.7. The molecule has 3 heterocycles. The number of benzene rings is 1. The Morgan fingerprint density at radius 1 is 1.13 bits per heavy atom. The smallest absolute Gasteiger partial charge is 0.255 e. The van der Waals surface area contributed by atoms with Crippen molar-refractivity contribution >= 4 is 11.8 Å². The lowest BCUT2D eigenvalue weighted by atomic mass is 9.85. The topological polar surface area (TPSA) is 71.4 Å². The highest BCUT2D eigenvalue weighted by Gasteiger charge is 2.51. The molecule has 6 nitrogen and oxygen atoms in total. The number of pyridine rings is 1. The molecule has 2 aliphatic rings. The lowest BCUT2D eigenvalue weighted by Gasteiger charge is -2.38. The van der Waals surface area contributed by atoms with Gasteiger partial charge in [0.15, 0.2) is 0 Å². The van der Waals surface area contributed by atoms with Crippen molar-refractivity contribution in [1.82, 2.24) is 14.8 Å². The molecule has 0 spiro atoms. The summed E-state index contributed by atoms with van der Waals surface area (Å²) in [7, 11) is 1.66. The number of aromatic nitrogens is 1. The van der Waals surface area contributed by atoms with Gasteiger partial charge in [-0.2, -0.15) is 0 Å². The average molecular weight is 408 g/mol. The molecule has 2 aromatic rings. The van der Waals surface area contributed by atoms with Gasteiger partial charge in [-0.1, -0.05) is 36.8 Å². The summed E-state index contributed by atoms with van der Waals surface area (Å²) in [5, 5.41) is 3.24. The number of nitrogens with one attached hydrogen (secondary N) is 1. The van der Waals surface area contributed by atoms with Crippen molar-refractivity contribution in [3.63, 3.8) is 0 Å². The number of rotatable bonds is 3. The highest BCUT2D eigenvalue weighted by molar-refractivity contribution is 5.95. The largest absolute Gasteiger partial charge is 0.349 e. The number of hydrogen-bond acceptors (Lipinski definition) is 3. The number of fused-ring (bicyclic) bond motifs is 1. The molecule has 0 aliphatic carbocycles. The first-order chi connectivity index (χ1) is 14.4. The number of carbonyl (C=O) groups excluding carboxylic acids is 2. The molecule has 0 radical (unpaired) electrons. The summed E-state index contributed by atoms with van der Waals surface area (Å²) in [4.78, 5) is 39.9. The molecule has 2 amide bonds. The Kier molecular flexibility index (Phi) is 5.50. The summed E-state index contributed by atoms with van der Waals surface area (Å²) in [5.41, 5.74) is 1.09. The van der Waals surface area contributed by atoms with Gasteiger partial charge in [-0.25, -0.2) is 0 Å². The molecular formula is C24H29N3O3. The van der Waals surface area contributed by atoms with Gasteiger partial charge in [-0.3, -0.25) is 14.4 Å². The number of nitrogens with zero attached hydrogens (tertiary/aromatic N) is 2. The fourth-order valence-corrected chi connectivity index (χ4v) is 5.12. The summed E-state index contributed by atoms with van der Waals surface area (Å²) in [5.74, 6) is -0.00727. The van der Waals surface area contributed by atoms with E-state index in [1.165, 1.54) is 16.2 Å². The van der Waals surface area contributed by atoms with E-state index in [1.807, 2.05) is 23.1 Å². The maximum atomic E-state index is 13.7. The molecule has 30 heavy (non-hydrogen) atoms. The van der Waals surface area contributed by atoms with Crippen molar-refractivity contribution in [2.45, 2.75) is 63.1 Å². The Labute approximate surface area is 176 Å². The SMILES string of the molecule is Cn1cc(C(=O)N2[C@H](Cc3ccccc3)C[C@]3(C)NC(=O)CCCC[C@H]23)ccc1=O. The minimum Gasteiger partial charge on any atom is -0.349 e. The summed E-state index contributed by atoms with van der Waals surface area (Å²) >= 11 is 0. The van der Waals surface area contributed by atoms with Gasteiger partial charge in [0.2, 0.25) is 11.5 Å². The predicted octanol–water partition coefficient (Wildman–Crippen LogP) is 2.66. The molecule has 3 atom stereocenters. The van der Waals surface area contributed by atoms with Crippen molar-refractivity contribution < 1.29 is 9.59 Å². The second-order valence-electron chi connectivity index (χ2n) is 8.85. The van der Waals surface area contributed by atoms with Crippen molar-refractivity contribution in [3.05, 3.63) is 70.1 Å². The first kappa shape index (κ1) is 20.4. The van der Waals surface area contributed by atoms with Gasteiger partial charge in [-0.15, -0.1) is 0 Å². The van der Waals surface area contributed by atoms with Crippen molar-refractivity contribution in [3.8, 4) is 0 Å². The molecule has 6 heteroatoms. The quantitative estimate of drug-likeness (QED) is 0.850. The predicted molar refractivity (Wildman–Crippen MR) is 115 cm³/mol. The van der Waals surface area contributed by atoms with E-state index < -0.39 is 5.54 Å². The lowest BCUT2D eigenvalue weighted by Crippen LogP contribution is -2.56. The van der Waals surface area contributed by atoms with Crippen LogP contribution in [-0.4, -0.2) is 38.9 Å². The third kappa shape index (κ3) is 3.91. The molecule has 2 fully saturated rings. The first-order valence-electron chi connectivity index (χ1n) is 10.7. The van der Waals surface area contributed by atoms with E-state index in [4.69, 9.17) is 0 Å². The number of amides is 2. The molecule has 2 aliphatic heterocycles. The molecule has 0 unspecified atom stereocenters. The molecular weight excluding hydrogens is 378 g/mol. The van der Waals surface area contributed by atoms with E-state index >= 15 is 0 Å². The molecule has 2 saturated heterocycles. The van der Waals surface area contributed by atoms with E-state index in [1.54, 1.807) is 19.3 Å². The minimum atomic E-state index is -0.451. The number of aryl methyl sites for hydroxylation is 1. The van der Waals surface area contributed by atoms with Crippen LogP contribution in [0.5, 0.6) is 0 Å². The lowest BCUT2D eigenvalue weighted by molar-refractivity contribution is -0.123. The fraction of sp³-hybridized carbons (Fsp3) is 0.458. The average Bonchev–Trinajstić information content (AvgIpc) is 2.96. The standard InChI is InChI=1S/C24H29N3O3/c1-24-15-19(14-17-8-4-3-5-9-17)27(20(24)10-6-7-11-21(28)25-24)23(30)18-12-13-22(29)26(2)16-18/h3-5,8-9,12-13,16,19-20H,6-7,10-11,14-15H2,1-2H3,(H,25,28)/t19-,20+,24+/m1/s1. The highest BCUT2D eigenvalue weighted by Crippen LogP contribution is 2.39. The minimum absolute atomic E-state index is 0.0227. The molecule has 1 N–H and O–H groups in total. The number of carbonyl (C=O) groups is 2. The van der Waals surface area contributed by atoms with E-state index in [2.05, 4.69) is 24.4 Å². The molecule has 1 aromatic heterocycles. The van der Waals surface area contributed by atoms with Crippen LogP contribution >= 0.6 is 0 Å². The second kappa shape index (κ2) is 8.09. The molecule has 4 rings (SSSR count). The molecule has 0 saturated carbocycles. The number of likely N-dealkylation sites (tertiary alicyclic amines) is 1. The Morgan fingerprint density at radius 2 is 1.90 bits per heavy atom. The van der Waals surface area contributed by atoms with E-state index in [9.17, 15) is 14.4 Å². The Bertz CT molecular complexity index is 1000. The summed E-state index contributed by atoms with van der Waals surface area (Å²) in [6.07, 6.45) is 6.23. The Hall–Kier alpha value is -2.89. The van der Waals surface area contributed by atoms with Crippen LogP contribution in [0.3, 0.4) is 0 Å². The van der Waals surface area contributed by atoms with Gasteiger partial charge >= 0.3 is 0 Å². The molecule has 0 bridgehead atoms. The zero-order valence-electron chi connectivity index (χ0n) is 17.6. The van der Waals surface area contributed by atoms with E-state index in [-0.39, 0.29) is 29.5 Å². The van der Waals surface area contributed by atoms with Crippen LogP contribution in [0.15, 0.2) is 53.5 Å². The van der Waals surface area contributed by atoms with Crippen LogP contribution in [-0.2, 0) is 18.3 Å². The third-order valence-electron chi connectivity index (χ3n) is 6.56. The second-order valence-corrected chi connectivity index (χ2v) is 8.85. The highest BCUT2D eigenvalue weighted by atomic mass is 16.2. The number of hydrogen-bond donors (Lipinski definition) is 1. The monoisotopic (exact) mass is 407 g/mol. The van der Waals surface area contributed by atoms with Crippen molar-refractivity contribution in [2.75, 3.05) is 0 Å². The Balaban J connectivity index is 1.72. The van der Waals surface area contributed by atoms with Crippen LogP contribution in [0.4, 0.5) is 0 Å². The van der Waals surface area contributed by atoms with Gasteiger partial charge in [-0.05, 0) is 44.2 Å². The Morgan fingerprint density at radius 3 is 2.63 bits per heavy atom. The van der Waals surface area contributed by atoms with Gasteiger partial charge in [0, 0.05) is 31.8 Å². The van der Waals surface area contributed by atoms with E-state index in [0.29, 0.717) is 12.0 Å². The first-order valence-corrected chi connectivity index (χ1v) is 10.7. The summed E-state index contributed by atoms with van der Waals surface area (Å²) in [6.45, 7) is 2.08. The van der Waals surface area contributed by atoms with Crippen LogP contribution in [0, 0.1) is 0 Å². The maximum Gasteiger partial charge on any atom is 0.255 e. The van der Waals surface area contributed by atoms with Crippen LogP contribution < -0.4 is 10.9 Å². The normalized spacial score (nSPS) is 26.5. The molecule has 158 valence electrons. The van der Waals surface area contributed by atoms with E-state index in [0.717, 1.165) is 32.1 Å². The summed E-state index contributed by atoms with van der Waals surface area (Å²) < 4.78 is 1.44. The zero-order valence-corrected chi connectivity index (χ0v) is 17.6. The van der Waals surface area contributed by atoms with Gasteiger partial charge in [0.05, 0.1) is 17.1 Å².